The quantitative estimate of drug-likeness (QED) is 0.644. The van der Waals surface area contributed by atoms with Gasteiger partial charge in [-0.1, -0.05) is 23.9 Å². The van der Waals surface area contributed by atoms with Crippen molar-refractivity contribution in [3.63, 3.8) is 0 Å². The lowest BCUT2D eigenvalue weighted by Crippen LogP contribution is -2.30. The van der Waals surface area contributed by atoms with Gasteiger partial charge in [-0.15, -0.1) is 0 Å². The molecule has 0 saturated heterocycles. The van der Waals surface area contributed by atoms with Crippen LogP contribution in [-0.4, -0.2) is 17.8 Å². The Morgan fingerprint density at radius 3 is 2.62 bits per heavy atom. The fraction of sp³-hybridized carbons (Fsp3) is 0.188. The zero-order chi connectivity index (χ0) is 17.7. The van der Waals surface area contributed by atoms with Crippen molar-refractivity contribution in [3.8, 4) is 5.75 Å². The van der Waals surface area contributed by atoms with E-state index in [4.69, 9.17) is 4.74 Å². The minimum Gasteiger partial charge on any atom is -0.480 e. The van der Waals surface area contributed by atoms with E-state index in [1.165, 1.54) is 37.3 Å². The Balaban J connectivity index is 2.06. The van der Waals surface area contributed by atoms with Gasteiger partial charge in [0.15, 0.2) is 6.10 Å². The molecular formula is C16H13BrF3NO2S. The third-order valence-electron chi connectivity index (χ3n) is 2.93. The summed E-state index contributed by atoms with van der Waals surface area (Å²) < 4.78 is 44.0. The average molecular weight is 420 g/mol. The average Bonchev–Trinajstić information content (AvgIpc) is 2.51. The van der Waals surface area contributed by atoms with E-state index < -0.39 is 23.6 Å². The zero-order valence-electron chi connectivity index (χ0n) is 12.4. The number of hydrogen-bond acceptors (Lipinski definition) is 3. The molecule has 1 atom stereocenters. The summed E-state index contributed by atoms with van der Waals surface area (Å²) in [6.07, 6.45) is -0.906. The molecule has 0 aromatic heterocycles. The normalized spacial score (nSPS) is 12.1. The van der Waals surface area contributed by atoms with Gasteiger partial charge in [-0.25, -0.2) is 4.39 Å². The minimum atomic E-state index is -2.59. The number of thioether (sulfide) groups is 1. The predicted octanol–water partition coefficient (Wildman–Crippen LogP) is 5.31. The van der Waals surface area contributed by atoms with E-state index in [0.29, 0.717) is 22.0 Å². The van der Waals surface area contributed by atoms with Crippen LogP contribution in [0.4, 0.5) is 18.9 Å². The summed E-state index contributed by atoms with van der Waals surface area (Å²) in [6, 6.07) is 10.1. The van der Waals surface area contributed by atoms with Crippen LogP contribution in [0.3, 0.4) is 0 Å². The lowest BCUT2D eigenvalue weighted by atomic mass is 10.3. The van der Waals surface area contributed by atoms with Crippen molar-refractivity contribution in [1.82, 2.24) is 0 Å². The summed E-state index contributed by atoms with van der Waals surface area (Å²) in [4.78, 5) is 12.5. The highest BCUT2D eigenvalue weighted by Crippen LogP contribution is 2.32. The number of para-hydroxylation sites is 1. The summed E-state index contributed by atoms with van der Waals surface area (Å²) in [5.74, 6) is -3.24. The number of ether oxygens (including phenoxy) is 1. The summed E-state index contributed by atoms with van der Waals surface area (Å²) in [5, 5.41) is 2.56. The van der Waals surface area contributed by atoms with Crippen LogP contribution in [0, 0.1) is 5.82 Å². The van der Waals surface area contributed by atoms with E-state index in [1.54, 1.807) is 12.1 Å². The van der Waals surface area contributed by atoms with Crippen LogP contribution < -0.4 is 10.1 Å². The third-order valence-corrected chi connectivity index (χ3v) is 4.34. The largest absolute Gasteiger partial charge is 0.480 e. The van der Waals surface area contributed by atoms with Gasteiger partial charge >= 0.3 is 0 Å². The molecule has 2 aromatic carbocycles. The number of amides is 1. The number of carbonyl (C=O) groups excluding carboxylic acids is 1. The minimum absolute atomic E-state index is 0.260. The topological polar surface area (TPSA) is 38.3 Å². The molecule has 0 aliphatic heterocycles. The molecule has 0 spiro atoms. The molecular weight excluding hydrogens is 407 g/mol. The SMILES string of the molecule is CC(Oc1ccc(F)cc1Br)C(=O)Nc1ccccc1SC(F)F. The van der Waals surface area contributed by atoms with Crippen molar-refractivity contribution in [3.05, 3.63) is 52.8 Å². The van der Waals surface area contributed by atoms with Crippen molar-refractivity contribution in [2.45, 2.75) is 23.7 Å². The first-order valence-corrected chi connectivity index (χ1v) is 8.50. The first kappa shape index (κ1) is 18.7. The Morgan fingerprint density at radius 1 is 1.25 bits per heavy atom. The third kappa shape index (κ3) is 5.17. The molecule has 0 aliphatic carbocycles. The molecule has 24 heavy (non-hydrogen) atoms. The molecule has 3 nitrogen and oxygen atoms in total. The fourth-order valence-electron chi connectivity index (χ4n) is 1.82. The maximum Gasteiger partial charge on any atom is 0.288 e. The molecule has 128 valence electrons. The standard InChI is InChI=1S/C16H13BrF3NO2S/c1-9(23-13-7-6-10(18)8-11(13)17)15(22)21-12-4-2-3-5-14(12)24-16(19)20/h2-9,16H,1H3,(H,21,22). The van der Waals surface area contributed by atoms with E-state index in [0.717, 1.165) is 0 Å². The molecule has 0 saturated carbocycles. The van der Waals surface area contributed by atoms with Gasteiger partial charge in [0, 0.05) is 4.90 Å². The number of anilines is 1. The van der Waals surface area contributed by atoms with Gasteiger partial charge < -0.3 is 10.1 Å². The molecule has 1 amide bonds. The van der Waals surface area contributed by atoms with Crippen LogP contribution >= 0.6 is 27.7 Å². The molecule has 2 aromatic rings. The highest BCUT2D eigenvalue weighted by molar-refractivity contribution is 9.10. The van der Waals surface area contributed by atoms with Crippen molar-refractivity contribution in [1.29, 1.82) is 0 Å². The molecule has 8 heteroatoms. The molecule has 0 radical (unpaired) electrons. The summed E-state index contributed by atoms with van der Waals surface area (Å²) in [7, 11) is 0. The second kappa shape index (κ2) is 8.43. The van der Waals surface area contributed by atoms with Crippen molar-refractivity contribution >= 4 is 39.3 Å². The maximum absolute atomic E-state index is 13.1. The van der Waals surface area contributed by atoms with Crippen molar-refractivity contribution < 1.29 is 22.7 Å². The summed E-state index contributed by atoms with van der Waals surface area (Å²) in [6.45, 7) is 1.51. The van der Waals surface area contributed by atoms with Gasteiger partial charge in [0.25, 0.3) is 11.7 Å². The molecule has 1 unspecified atom stereocenters. The van der Waals surface area contributed by atoms with E-state index >= 15 is 0 Å². The number of rotatable bonds is 6. The van der Waals surface area contributed by atoms with Crippen LogP contribution in [0.15, 0.2) is 51.8 Å². The molecule has 0 bridgehead atoms. The van der Waals surface area contributed by atoms with Crippen molar-refractivity contribution in [2.24, 2.45) is 0 Å². The van der Waals surface area contributed by atoms with E-state index in [9.17, 15) is 18.0 Å². The fourth-order valence-corrected chi connectivity index (χ4v) is 2.86. The number of alkyl halides is 2. The summed E-state index contributed by atoms with van der Waals surface area (Å²) >= 11 is 3.50. The maximum atomic E-state index is 13.1. The van der Waals surface area contributed by atoms with E-state index in [-0.39, 0.29) is 10.6 Å². The predicted molar refractivity (Wildman–Crippen MR) is 91.1 cm³/mol. The van der Waals surface area contributed by atoms with Crippen LogP contribution in [0.1, 0.15) is 6.92 Å². The van der Waals surface area contributed by atoms with Gasteiger partial charge in [-0.05, 0) is 53.2 Å². The van der Waals surface area contributed by atoms with Crippen LogP contribution in [0.2, 0.25) is 0 Å². The second-order valence-electron chi connectivity index (χ2n) is 4.70. The Kier molecular flexibility index (Phi) is 6.56. The summed E-state index contributed by atoms with van der Waals surface area (Å²) in [5.41, 5.74) is 0.279. The molecule has 1 N–H and O–H groups in total. The lowest BCUT2D eigenvalue weighted by molar-refractivity contribution is -0.122. The van der Waals surface area contributed by atoms with Crippen LogP contribution in [0.25, 0.3) is 0 Å². The first-order chi connectivity index (χ1) is 11.4. The number of hydrogen-bond donors (Lipinski definition) is 1. The Labute approximate surface area is 149 Å². The van der Waals surface area contributed by atoms with Gasteiger partial charge in [-0.3, -0.25) is 4.79 Å². The Morgan fingerprint density at radius 2 is 1.96 bits per heavy atom. The van der Waals surface area contributed by atoms with Crippen LogP contribution in [-0.2, 0) is 4.79 Å². The number of halogens is 4. The Bertz CT molecular complexity index is 730. The monoisotopic (exact) mass is 419 g/mol. The van der Waals surface area contributed by atoms with Crippen LogP contribution in [0.5, 0.6) is 5.75 Å². The first-order valence-electron chi connectivity index (χ1n) is 6.83. The number of nitrogens with one attached hydrogen (secondary N) is 1. The van der Waals surface area contributed by atoms with Gasteiger partial charge in [0.05, 0.1) is 10.2 Å². The molecule has 2 rings (SSSR count). The van der Waals surface area contributed by atoms with Crippen molar-refractivity contribution in [2.75, 3.05) is 5.32 Å². The number of benzene rings is 2. The second-order valence-corrected chi connectivity index (χ2v) is 6.58. The van der Waals surface area contributed by atoms with E-state index in [2.05, 4.69) is 21.2 Å². The lowest BCUT2D eigenvalue weighted by Gasteiger charge is -2.17. The molecule has 0 fully saturated rings. The van der Waals surface area contributed by atoms with Gasteiger partial charge in [-0.2, -0.15) is 8.78 Å². The molecule has 0 heterocycles. The van der Waals surface area contributed by atoms with Gasteiger partial charge in [0.2, 0.25) is 0 Å². The highest BCUT2D eigenvalue weighted by atomic mass is 79.9. The molecule has 0 aliphatic rings. The smallest absolute Gasteiger partial charge is 0.288 e. The highest BCUT2D eigenvalue weighted by Gasteiger charge is 2.18. The van der Waals surface area contributed by atoms with E-state index in [1.807, 2.05) is 0 Å². The Hall–Kier alpha value is -1.67. The van der Waals surface area contributed by atoms with Gasteiger partial charge in [0.1, 0.15) is 11.6 Å². The number of carbonyl (C=O) groups is 1. The zero-order valence-corrected chi connectivity index (χ0v) is 14.8.